The lowest BCUT2D eigenvalue weighted by atomic mass is 9.75. The third-order valence-corrected chi connectivity index (χ3v) is 5.34. The molecule has 3 aliphatic rings. The molecular weight excluding hydrogens is 334 g/mol. The van der Waals surface area contributed by atoms with Crippen LogP contribution in [0, 0.1) is 5.41 Å². The summed E-state index contributed by atoms with van der Waals surface area (Å²) in [5.41, 5.74) is 6.19. The summed E-state index contributed by atoms with van der Waals surface area (Å²) < 4.78 is 11.5. The number of hydrogen-bond acceptors (Lipinski definition) is 5. The van der Waals surface area contributed by atoms with Gasteiger partial charge in [0.15, 0.2) is 0 Å². The fourth-order valence-corrected chi connectivity index (χ4v) is 3.85. The van der Waals surface area contributed by atoms with E-state index in [0.29, 0.717) is 24.3 Å². The summed E-state index contributed by atoms with van der Waals surface area (Å²) in [6, 6.07) is 0. The third-order valence-electron chi connectivity index (χ3n) is 5.34. The molecule has 3 atom stereocenters. The Bertz CT molecular complexity index is 637. The van der Waals surface area contributed by atoms with Crippen LogP contribution in [0.2, 0.25) is 0 Å². The number of morpholine rings is 1. The number of hydrogen-bond donors (Lipinski definition) is 3. The zero-order valence-electron chi connectivity index (χ0n) is 15.6. The zero-order chi connectivity index (χ0) is 18.7. The van der Waals surface area contributed by atoms with Crippen molar-refractivity contribution in [2.75, 3.05) is 26.2 Å². The molecule has 2 heterocycles. The minimum atomic E-state index is -0.955. The molecule has 0 spiro atoms. The first kappa shape index (κ1) is 18.9. The van der Waals surface area contributed by atoms with Crippen LogP contribution in [-0.2, 0) is 19.1 Å². The van der Waals surface area contributed by atoms with E-state index >= 15 is 0 Å². The topological polar surface area (TPSA) is 103 Å². The molecule has 1 fully saturated rings. The van der Waals surface area contributed by atoms with Gasteiger partial charge in [-0.05, 0) is 44.8 Å². The molecule has 2 unspecified atom stereocenters. The Morgan fingerprint density at radius 3 is 2.96 bits per heavy atom. The van der Waals surface area contributed by atoms with Gasteiger partial charge in [-0.15, -0.1) is 0 Å². The highest BCUT2D eigenvalue weighted by Crippen LogP contribution is 2.46. The molecule has 2 aliphatic heterocycles. The molecule has 0 saturated carbocycles. The Balaban J connectivity index is 1.57. The zero-order valence-corrected chi connectivity index (χ0v) is 15.6. The van der Waals surface area contributed by atoms with Crippen molar-refractivity contribution in [3.05, 3.63) is 23.0 Å². The smallest absolute Gasteiger partial charge is 0.247 e. The molecule has 2 amide bonds. The van der Waals surface area contributed by atoms with Crippen molar-refractivity contribution in [2.45, 2.75) is 51.7 Å². The van der Waals surface area contributed by atoms with Crippen molar-refractivity contribution in [3.8, 4) is 0 Å². The molecule has 0 aromatic heterocycles. The summed E-state index contributed by atoms with van der Waals surface area (Å²) in [5.74, 6) is 0.0433. The minimum absolute atomic E-state index is 0.00133. The molecule has 3 rings (SSSR count). The van der Waals surface area contributed by atoms with Crippen LogP contribution in [0.15, 0.2) is 23.0 Å². The average Bonchev–Trinajstić information content (AvgIpc) is 3.00. The fraction of sp³-hybridized carbons (Fsp3) is 0.684. The number of allylic oxidation sites excluding steroid dienone is 1. The number of ether oxygens (including phenoxy) is 2. The Hall–Kier alpha value is -1.86. The van der Waals surface area contributed by atoms with Gasteiger partial charge in [-0.1, -0.05) is 0 Å². The number of nitrogens with two attached hydrogens (primary N) is 1. The van der Waals surface area contributed by atoms with E-state index in [0.717, 1.165) is 38.1 Å². The van der Waals surface area contributed by atoms with Crippen LogP contribution in [-0.4, -0.2) is 50.3 Å². The third kappa shape index (κ3) is 3.94. The molecule has 1 aliphatic carbocycles. The normalized spacial score (nSPS) is 31.1. The van der Waals surface area contributed by atoms with Crippen LogP contribution < -0.4 is 16.4 Å². The second-order valence-corrected chi connectivity index (χ2v) is 7.62. The van der Waals surface area contributed by atoms with E-state index in [2.05, 4.69) is 10.6 Å². The van der Waals surface area contributed by atoms with Crippen molar-refractivity contribution >= 4 is 11.8 Å². The lowest BCUT2D eigenvalue weighted by Crippen LogP contribution is -2.41. The van der Waals surface area contributed by atoms with Gasteiger partial charge in [0.05, 0.1) is 18.8 Å². The quantitative estimate of drug-likeness (QED) is 0.605. The maximum absolute atomic E-state index is 12.6. The second kappa shape index (κ2) is 7.80. The van der Waals surface area contributed by atoms with Gasteiger partial charge < -0.3 is 25.8 Å². The van der Waals surface area contributed by atoms with Crippen molar-refractivity contribution in [1.82, 2.24) is 10.6 Å². The van der Waals surface area contributed by atoms with Gasteiger partial charge in [-0.25, -0.2) is 0 Å². The largest absolute Gasteiger partial charge is 0.493 e. The van der Waals surface area contributed by atoms with Crippen LogP contribution in [0.3, 0.4) is 0 Å². The average molecular weight is 363 g/mol. The SMILES string of the molecule is CC1CC2=C(O1)C(C)(C(N)=O)CC(C(=O)NCCC[C@H]1CNCCO1)=C2. The van der Waals surface area contributed by atoms with Crippen LogP contribution in [0.5, 0.6) is 0 Å². The molecule has 7 nitrogen and oxygen atoms in total. The van der Waals surface area contributed by atoms with E-state index in [1.165, 1.54) is 0 Å². The predicted octanol–water partition coefficient (Wildman–Crippen LogP) is 0.756. The fourth-order valence-electron chi connectivity index (χ4n) is 3.85. The number of carbonyl (C=O) groups is 2. The molecule has 0 radical (unpaired) electrons. The van der Waals surface area contributed by atoms with E-state index in [1.54, 1.807) is 6.92 Å². The van der Waals surface area contributed by atoms with Crippen molar-refractivity contribution in [3.63, 3.8) is 0 Å². The number of primary amides is 1. The summed E-state index contributed by atoms with van der Waals surface area (Å²) in [6.07, 6.45) is 4.82. The van der Waals surface area contributed by atoms with Crippen molar-refractivity contribution < 1.29 is 19.1 Å². The summed E-state index contributed by atoms with van der Waals surface area (Å²) >= 11 is 0. The van der Waals surface area contributed by atoms with E-state index in [-0.39, 0.29) is 24.5 Å². The summed E-state index contributed by atoms with van der Waals surface area (Å²) in [4.78, 5) is 24.6. The van der Waals surface area contributed by atoms with E-state index in [1.807, 2.05) is 13.0 Å². The molecule has 144 valence electrons. The first-order valence-corrected chi connectivity index (χ1v) is 9.41. The standard InChI is InChI=1S/C19H29N3O4/c1-12-8-13-9-14(10-19(2,18(20)24)16(13)26-12)17(23)22-5-3-4-15-11-21-6-7-25-15/h9,12,15,21H,3-8,10-11H2,1-2H3,(H2,20,24)(H,22,23)/t12?,15-,19?/m0/s1. The second-order valence-electron chi connectivity index (χ2n) is 7.62. The van der Waals surface area contributed by atoms with Gasteiger partial charge in [0.25, 0.3) is 0 Å². The Morgan fingerprint density at radius 2 is 2.27 bits per heavy atom. The highest BCUT2D eigenvalue weighted by atomic mass is 16.5. The summed E-state index contributed by atoms with van der Waals surface area (Å²) in [7, 11) is 0. The lowest BCUT2D eigenvalue weighted by Gasteiger charge is -2.31. The van der Waals surface area contributed by atoms with Crippen LogP contribution in [0.25, 0.3) is 0 Å². The highest BCUT2D eigenvalue weighted by molar-refractivity contribution is 5.97. The van der Waals surface area contributed by atoms with Gasteiger partial charge in [0.1, 0.15) is 11.2 Å². The molecule has 7 heteroatoms. The van der Waals surface area contributed by atoms with E-state index in [4.69, 9.17) is 15.2 Å². The van der Waals surface area contributed by atoms with E-state index in [9.17, 15) is 9.59 Å². The predicted molar refractivity (Wildman–Crippen MR) is 97.0 cm³/mol. The lowest BCUT2D eigenvalue weighted by molar-refractivity contribution is -0.127. The van der Waals surface area contributed by atoms with Gasteiger partial charge in [0, 0.05) is 31.6 Å². The van der Waals surface area contributed by atoms with Crippen LogP contribution >= 0.6 is 0 Å². The number of carbonyl (C=O) groups excluding carboxylic acids is 2. The van der Waals surface area contributed by atoms with Gasteiger partial charge in [0.2, 0.25) is 11.8 Å². The summed E-state index contributed by atoms with van der Waals surface area (Å²) in [5, 5.41) is 6.26. The maximum atomic E-state index is 12.6. The minimum Gasteiger partial charge on any atom is -0.493 e. The maximum Gasteiger partial charge on any atom is 0.247 e. The highest BCUT2D eigenvalue weighted by Gasteiger charge is 2.46. The first-order chi connectivity index (χ1) is 12.4. The molecular formula is C19H29N3O4. The first-order valence-electron chi connectivity index (χ1n) is 9.41. The Morgan fingerprint density at radius 1 is 1.46 bits per heavy atom. The van der Waals surface area contributed by atoms with Gasteiger partial charge in [-0.3, -0.25) is 9.59 Å². The van der Waals surface area contributed by atoms with E-state index < -0.39 is 11.3 Å². The molecule has 4 N–H and O–H groups in total. The number of nitrogens with one attached hydrogen (secondary N) is 2. The van der Waals surface area contributed by atoms with Gasteiger partial charge >= 0.3 is 0 Å². The summed E-state index contributed by atoms with van der Waals surface area (Å²) in [6.45, 7) is 6.81. The van der Waals surface area contributed by atoms with Gasteiger partial charge in [-0.2, -0.15) is 0 Å². The van der Waals surface area contributed by atoms with Crippen molar-refractivity contribution in [1.29, 1.82) is 0 Å². The Kier molecular flexibility index (Phi) is 5.67. The molecule has 1 saturated heterocycles. The van der Waals surface area contributed by atoms with Crippen molar-refractivity contribution in [2.24, 2.45) is 11.1 Å². The molecule has 0 bridgehead atoms. The monoisotopic (exact) mass is 363 g/mol. The Labute approximate surface area is 154 Å². The number of rotatable bonds is 6. The molecule has 0 aromatic rings. The van der Waals surface area contributed by atoms with Crippen LogP contribution in [0.1, 0.15) is 39.5 Å². The molecule has 0 aromatic carbocycles. The van der Waals surface area contributed by atoms with Crippen LogP contribution in [0.4, 0.5) is 0 Å². The number of amides is 2. The molecule has 26 heavy (non-hydrogen) atoms.